The van der Waals surface area contributed by atoms with Gasteiger partial charge < -0.3 is 14.8 Å². The predicted octanol–water partition coefficient (Wildman–Crippen LogP) is 3.84. The van der Waals surface area contributed by atoms with E-state index in [0.717, 1.165) is 5.56 Å². The van der Waals surface area contributed by atoms with Gasteiger partial charge in [0, 0.05) is 16.8 Å². The molecule has 0 radical (unpaired) electrons. The van der Waals surface area contributed by atoms with E-state index >= 15 is 0 Å². The van der Waals surface area contributed by atoms with Crippen LogP contribution in [0.2, 0.25) is 5.02 Å². The van der Waals surface area contributed by atoms with E-state index < -0.39 is 12.2 Å². The largest absolute Gasteiger partial charge is 0.513 e. The van der Waals surface area contributed by atoms with Crippen molar-refractivity contribution in [1.82, 2.24) is 10.3 Å². The average Bonchev–Trinajstić information content (AvgIpc) is 2.64. The van der Waals surface area contributed by atoms with Gasteiger partial charge in [-0.05, 0) is 25.1 Å². The molecule has 0 saturated heterocycles. The lowest BCUT2D eigenvalue weighted by atomic mass is 10.0. The van der Waals surface area contributed by atoms with Crippen LogP contribution in [0.3, 0.4) is 0 Å². The lowest BCUT2D eigenvalue weighted by Crippen LogP contribution is -2.32. The molecule has 2 aromatic rings. The van der Waals surface area contributed by atoms with Crippen molar-refractivity contribution >= 4 is 23.6 Å². The molecule has 1 aliphatic rings. The van der Waals surface area contributed by atoms with Gasteiger partial charge >= 0.3 is 6.16 Å². The highest BCUT2D eigenvalue weighted by atomic mass is 35.5. The number of ether oxygens (including phenoxy) is 2. The zero-order valence-electron chi connectivity index (χ0n) is 13.7. The van der Waals surface area contributed by atoms with Gasteiger partial charge in [-0.15, -0.1) is 0 Å². The third-order valence-electron chi connectivity index (χ3n) is 3.65. The van der Waals surface area contributed by atoms with Crippen molar-refractivity contribution in [2.24, 2.45) is 4.99 Å². The molecular formula is C18H16ClN3O3. The smallest absolute Gasteiger partial charge is 0.437 e. The Morgan fingerprint density at radius 1 is 1.20 bits per heavy atom. The Balaban J connectivity index is 2.07. The summed E-state index contributed by atoms with van der Waals surface area (Å²) in [5.41, 5.74) is 2.03. The molecule has 1 aliphatic heterocycles. The molecule has 1 atom stereocenters. The summed E-state index contributed by atoms with van der Waals surface area (Å²) in [4.78, 5) is 20.6. The zero-order valence-corrected chi connectivity index (χ0v) is 14.4. The number of pyridine rings is 1. The molecule has 0 fully saturated rings. The van der Waals surface area contributed by atoms with Gasteiger partial charge in [0.15, 0.2) is 11.6 Å². The number of aromatic nitrogens is 1. The van der Waals surface area contributed by atoms with Crippen molar-refractivity contribution in [1.29, 1.82) is 0 Å². The topological polar surface area (TPSA) is 72.8 Å². The molecule has 0 saturated carbocycles. The molecule has 1 N–H and O–H groups in total. The number of methoxy groups -OCH3 is 1. The fourth-order valence-corrected chi connectivity index (χ4v) is 2.71. The number of nitrogens with one attached hydrogen (secondary N) is 1. The van der Waals surface area contributed by atoms with E-state index in [-0.39, 0.29) is 0 Å². The number of allylic oxidation sites excluding steroid dienone is 1. The number of halogens is 1. The highest BCUT2D eigenvalue weighted by molar-refractivity contribution is 6.31. The number of rotatable bonds is 3. The molecule has 3 rings (SSSR count). The van der Waals surface area contributed by atoms with E-state index in [1.54, 1.807) is 19.2 Å². The summed E-state index contributed by atoms with van der Waals surface area (Å²) in [5, 5.41) is 3.65. The second-order valence-electron chi connectivity index (χ2n) is 5.29. The quantitative estimate of drug-likeness (QED) is 0.845. The van der Waals surface area contributed by atoms with Gasteiger partial charge in [0.2, 0.25) is 0 Å². The molecule has 0 spiro atoms. The molecule has 0 bridgehead atoms. The van der Waals surface area contributed by atoms with E-state index in [1.807, 2.05) is 36.4 Å². The van der Waals surface area contributed by atoms with Crippen LogP contribution in [0.15, 0.2) is 65.1 Å². The van der Waals surface area contributed by atoms with Crippen LogP contribution in [0.25, 0.3) is 0 Å². The Bertz CT molecular complexity index is 850. The first-order valence-electron chi connectivity index (χ1n) is 7.57. The van der Waals surface area contributed by atoms with Crippen LogP contribution >= 0.6 is 11.6 Å². The van der Waals surface area contributed by atoms with E-state index in [1.165, 1.54) is 7.11 Å². The van der Waals surface area contributed by atoms with Crippen LogP contribution in [0, 0.1) is 0 Å². The molecule has 1 unspecified atom stereocenters. The number of carbonyl (C=O) groups excluding carboxylic acids is 1. The van der Waals surface area contributed by atoms with Gasteiger partial charge in [-0.3, -0.25) is 4.98 Å². The normalized spacial score (nSPS) is 16.8. The molecule has 7 heteroatoms. The number of nitrogens with zero attached hydrogens (tertiary/aromatic N) is 2. The second kappa shape index (κ2) is 7.36. The Hall–Kier alpha value is -2.86. The van der Waals surface area contributed by atoms with Gasteiger partial charge in [0.1, 0.15) is 11.7 Å². The Kier molecular flexibility index (Phi) is 5.00. The average molecular weight is 358 g/mol. The Morgan fingerprint density at radius 3 is 2.64 bits per heavy atom. The van der Waals surface area contributed by atoms with E-state index in [9.17, 15) is 4.79 Å². The summed E-state index contributed by atoms with van der Waals surface area (Å²) < 4.78 is 9.94. The number of amidine groups is 1. The summed E-state index contributed by atoms with van der Waals surface area (Å²) in [6.45, 7) is 1.79. The van der Waals surface area contributed by atoms with Crippen molar-refractivity contribution in [3.8, 4) is 0 Å². The minimum Gasteiger partial charge on any atom is -0.437 e. The van der Waals surface area contributed by atoms with Crippen molar-refractivity contribution in [3.05, 3.63) is 76.4 Å². The lowest BCUT2D eigenvalue weighted by molar-refractivity contribution is 0.0913. The highest BCUT2D eigenvalue weighted by Crippen LogP contribution is 2.35. The Morgan fingerprint density at radius 2 is 1.96 bits per heavy atom. The number of benzene rings is 1. The monoisotopic (exact) mass is 357 g/mol. The predicted molar refractivity (Wildman–Crippen MR) is 94.3 cm³/mol. The summed E-state index contributed by atoms with van der Waals surface area (Å²) in [6, 6.07) is 12.2. The van der Waals surface area contributed by atoms with Gasteiger partial charge in [-0.2, -0.15) is 0 Å². The van der Waals surface area contributed by atoms with E-state index in [2.05, 4.69) is 20.0 Å². The molecular weight excluding hydrogens is 342 g/mol. The first-order chi connectivity index (χ1) is 12.1. The number of hydrogen-bond donors (Lipinski definition) is 1. The maximum atomic E-state index is 11.6. The van der Waals surface area contributed by atoms with Crippen LogP contribution in [0.1, 0.15) is 24.2 Å². The minimum atomic E-state index is -0.815. The molecule has 25 heavy (non-hydrogen) atoms. The third kappa shape index (κ3) is 3.64. The zero-order chi connectivity index (χ0) is 17.8. The van der Waals surface area contributed by atoms with Crippen LogP contribution in [0.5, 0.6) is 0 Å². The van der Waals surface area contributed by atoms with Crippen LogP contribution in [0.4, 0.5) is 4.79 Å². The van der Waals surface area contributed by atoms with Crippen molar-refractivity contribution < 1.29 is 14.3 Å². The van der Waals surface area contributed by atoms with Crippen molar-refractivity contribution in [2.75, 3.05) is 7.11 Å². The molecule has 0 aliphatic carbocycles. The van der Waals surface area contributed by atoms with Crippen LogP contribution in [-0.2, 0) is 9.47 Å². The first kappa shape index (κ1) is 17.0. The first-order valence-corrected chi connectivity index (χ1v) is 7.95. The standard InChI is InChI=1S/C18H16ClN3O3/c1-11-16(25-18(23)24-2)15(12-7-3-4-8-13(12)19)22-17(21-11)14-9-5-6-10-20-14/h3-10,15H,1-2H3,(H,21,22). The van der Waals surface area contributed by atoms with Crippen molar-refractivity contribution in [3.63, 3.8) is 0 Å². The second-order valence-corrected chi connectivity index (χ2v) is 5.69. The fourth-order valence-electron chi connectivity index (χ4n) is 2.47. The molecule has 1 aromatic carbocycles. The van der Waals surface area contributed by atoms with Gasteiger partial charge in [0.25, 0.3) is 0 Å². The summed E-state index contributed by atoms with van der Waals surface area (Å²) in [7, 11) is 1.25. The summed E-state index contributed by atoms with van der Waals surface area (Å²) in [6.07, 6.45) is 0.869. The van der Waals surface area contributed by atoms with Gasteiger partial charge in [-0.1, -0.05) is 35.9 Å². The fraction of sp³-hybridized carbons (Fsp3) is 0.167. The Labute approximate surface area is 150 Å². The number of hydrogen-bond acceptors (Lipinski definition) is 6. The maximum absolute atomic E-state index is 11.6. The lowest BCUT2D eigenvalue weighted by Gasteiger charge is -2.26. The van der Waals surface area contributed by atoms with Crippen LogP contribution < -0.4 is 5.32 Å². The summed E-state index contributed by atoms with van der Waals surface area (Å²) >= 11 is 6.34. The molecule has 1 aromatic heterocycles. The number of aliphatic imine (C=N–C) groups is 1. The molecule has 128 valence electrons. The molecule has 0 amide bonds. The molecule has 2 heterocycles. The van der Waals surface area contributed by atoms with Gasteiger partial charge in [-0.25, -0.2) is 9.79 Å². The third-order valence-corrected chi connectivity index (χ3v) is 3.99. The van der Waals surface area contributed by atoms with E-state index in [0.29, 0.717) is 28.0 Å². The summed E-state index contributed by atoms with van der Waals surface area (Å²) in [5.74, 6) is 0.903. The minimum absolute atomic E-state index is 0.333. The molecule has 6 nitrogen and oxygen atoms in total. The SMILES string of the molecule is COC(=O)OC1=C(C)NC(c2ccccn2)=NC1c1ccccc1Cl. The van der Waals surface area contributed by atoms with Gasteiger partial charge in [0.05, 0.1) is 12.8 Å². The van der Waals surface area contributed by atoms with E-state index in [4.69, 9.17) is 16.3 Å². The van der Waals surface area contributed by atoms with Crippen molar-refractivity contribution in [2.45, 2.75) is 13.0 Å². The van der Waals surface area contributed by atoms with Crippen LogP contribution in [-0.4, -0.2) is 24.1 Å². The number of carbonyl (C=O) groups is 1. The maximum Gasteiger partial charge on any atom is 0.513 e. The highest BCUT2D eigenvalue weighted by Gasteiger charge is 2.30.